The maximum atomic E-state index is 11.6. The van der Waals surface area contributed by atoms with Gasteiger partial charge in [0.05, 0.1) is 6.42 Å². The van der Waals surface area contributed by atoms with Crippen molar-refractivity contribution in [2.45, 2.75) is 39.0 Å². The number of carbonyl (C=O) groups is 1. The molecule has 3 rings (SSSR count). The lowest BCUT2D eigenvalue weighted by Crippen LogP contribution is -2.18. The topological polar surface area (TPSA) is 26.3 Å². The molecule has 0 saturated carbocycles. The van der Waals surface area contributed by atoms with E-state index in [9.17, 15) is 4.79 Å². The average Bonchev–Trinajstić information content (AvgIpc) is 2.45. The van der Waals surface area contributed by atoms with Gasteiger partial charge in [0.1, 0.15) is 5.75 Å². The molecule has 0 amide bonds. The molecule has 1 aliphatic heterocycles. The average molecular weight is 254 g/mol. The predicted octanol–water partition coefficient (Wildman–Crippen LogP) is 4.20. The molecule has 2 nitrogen and oxygen atoms in total. The largest absolute Gasteiger partial charge is 0.426 e. The molecule has 0 aliphatic carbocycles. The van der Waals surface area contributed by atoms with E-state index in [1.54, 1.807) is 0 Å². The van der Waals surface area contributed by atoms with Crippen LogP contribution in [0.15, 0.2) is 30.3 Å². The van der Waals surface area contributed by atoms with Crippen molar-refractivity contribution in [2.24, 2.45) is 0 Å². The molecule has 0 bridgehead atoms. The van der Waals surface area contributed by atoms with Crippen LogP contribution in [-0.4, -0.2) is 5.97 Å². The fourth-order valence-corrected chi connectivity index (χ4v) is 2.80. The van der Waals surface area contributed by atoms with Gasteiger partial charge in [0.2, 0.25) is 0 Å². The zero-order valence-corrected chi connectivity index (χ0v) is 11.4. The maximum absolute atomic E-state index is 11.6. The van der Waals surface area contributed by atoms with Crippen LogP contribution in [0.3, 0.4) is 0 Å². The van der Waals surface area contributed by atoms with Crippen molar-refractivity contribution in [2.75, 3.05) is 0 Å². The van der Waals surface area contributed by atoms with Crippen LogP contribution in [0, 0.1) is 0 Å². The monoisotopic (exact) mass is 254 g/mol. The normalized spacial score (nSPS) is 16.0. The van der Waals surface area contributed by atoms with Crippen LogP contribution >= 0.6 is 0 Å². The Kier molecular flexibility index (Phi) is 3.02. The van der Waals surface area contributed by atoms with Gasteiger partial charge < -0.3 is 4.74 Å². The SMILES string of the molecule is CCC(C)c1cc2ccccc2c2c1CCC(=O)O2. The number of ether oxygens (including phenoxy) is 1. The van der Waals surface area contributed by atoms with Gasteiger partial charge in [0, 0.05) is 5.39 Å². The minimum absolute atomic E-state index is 0.112. The summed E-state index contributed by atoms with van der Waals surface area (Å²) in [6, 6.07) is 10.4. The van der Waals surface area contributed by atoms with Crippen molar-refractivity contribution in [3.8, 4) is 5.75 Å². The van der Waals surface area contributed by atoms with Crippen molar-refractivity contribution in [3.05, 3.63) is 41.5 Å². The maximum Gasteiger partial charge on any atom is 0.311 e. The third-order valence-electron chi connectivity index (χ3n) is 4.08. The first-order chi connectivity index (χ1) is 9.20. The summed E-state index contributed by atoms with van der Waals surface area (Å²) in [5.74, 6) is 1.18. The Bertz CT molecular complexity index is 643. The minimum atomic E-state index is -0.112. The molecule has 0 saturated heterocycles. The molecule has 0 radical (unpaired) electrons. The molecular formula is C17H18O2. The molecule has 0 N–H and O–H groups in total. The Hall–Kier alpha value is -1.83. The molecule has 1 atom stereocenters. The molecule has 1 unspecified atom stereocenters. The first kappa shape index (κ1) is 12.2. The molecule has 0 spiro atoms. The quantitative estimate of drug-likeness (QED) is 0.593. The van der Waals surface area contributed by atoms with E-state index in [0.29, 0.717) is 12.3 Å². The van der Waals surface area contributed by atoms with Crippen LogP contribution in [0.4, 0.5) is 0 Å². The number of hydrogen-bond acceptors (Lipinski definition) is 2. The number of carbonyl (C=O) groups excluding carboxylic acids is 1. The summed E-state index contributed by atoms with van der Waals surface area (Å²) in [5, 5.41) is 2.21. The molecule has 1 aliphatic rings. The van der Waals surface area contributed by atoms with Crippen molar-refractivity contribution in [1.82, 2.24) is 0 Å². The van der Waals surface area contributed by atoms with E-state index in [0.717, 1.165) is 29.4 Å². The number of esters is 1. The van der Waals surface area contributed by atoms with Crippen LogP contribution in [0.5, 0.6) is 5.75 Å². The van der Waals surface area contributed by atoms with Gasteiger partial charge in [-0.25, -0.2) is 0 Å². The van der Waals surface area contributed by atoms with Gasteiger partial charge in [-0.3, -0.25) is 4.79 Å². The van der Waals surface area contributed by atoms with Gasteiger partial charge in [0.25, 0.3) is 0 Å². The summed E-state index contributed by atoms with van der Waals surface area (Å²) in [4.78, 5) is 11.6. The van der Waals surface area contributed by atoms with Gasteiger partial charge >= 0.3 is 5.97 Å². The summed E-state index contributed by atoms with van der Waals surface area (Å²) in [6.45, 7) is 4.43. The molecule has 2 heteroatoms. The number of rotatable bonds is 2. The molecule has 1 heterocycles. The molecular weight excluding hydrogens is 236 g/mol. The van der Waals surface area contributed by atoms with Crippen molar-refractivity contribution >= 4 is 16.7 Å². The van der Waals surface area contributed by atoms with E-state index in [2.05, 4.69) is 26.0 Å². The summed E-state index contributed by atoms with van der Waals surface area (Å²) in [7, 11) is 0. The minimum Gasteiger partial charge on any atom is -0.426 e. The lowest BCUT2D eigenvalue weighted by atomic mass is 9.87. The molecule has 98 valence electrons. The van der Waals surface area contributed by atoms with Gasteiger partial charge in [0.15, 0.2) is 0 Å². The Balaban J connectivity index is 2.30. The third-order valence-corrected chi connectivity index (χ3v) is 4.08. The number of fused-ring (bicyclic) bond motifs is 3. The molecule has 2 aromatic rings. The molecule has 2 aromatic carbocycles. The first-order valence-electron chi connectivity index (χ1n) is 6.96. The summed E-state index contributed by atoms with van der Waals surface area (Å²) in [5.41, 5.74) is 2.57. The lowest BCUT2D eigenvalue weighted by molar-refractivity contribution is -0.135. The fraction of sp³-hybridized carbons (Fsp3) is 0.353. The highest BCUT2D eigenvalue weighted by Gasteiger charge is 2.24. The van der Waals surface area contributed by atoms with E-state index in [1.165, 1.54) is 11.1 Å². The zero-order chi connectivity index (χ0) is 13.4. The lowest BCUT2D eigenvalue weighted by Gasteiger charge is -2.23. The van der Waals surface area contributed by atoms with E-state index >= 15 is 0 Å². The first-order valence-corrected chi connectivity index (χ1v) is 6.96. The molecule has 0 fully saturated rings. The second-order valence-corrected chi connectivity index (χ2v) is 5.28. The highest BCUT2D eigenvalue weighted by atomic mass is 16.5. The second kappa shape index (κ2) is 4.69. The highest BCUT2D eigenvalue weighted by Crippen LogP contribution is 2.39. The van der Waals surface area contributed by atoms with Crippen molar-refractivity contribution in [1.29, 1.82) is 0 Å². The van der Waals surface area contributed by atoms with Crippen LogP contribution < -0.4 is 4.74 Å². The van der Waals surface area contributed by atoms with Crippen LogP contribution in [0.25, 0.3) is 10.8 Å². The fourth-order valence-electron chi connectivity index (χ4n) is 2.80. The summed E-state index contributed by atoms with van der Waals surface area (Å²) < 4.78 is 5.54. The predicted molar refractivity (Wildman–Crippen MR) is 76.6 cm³/mol. The Morgan fingerprint density at radius 3 is 2.84 bits per heavy atom. The van der Waals surface area contributed by atoms with Gasteiger partial charge in [-0.2, -0.15) is 0 Å². The Morgan fingerprint density at radius 2 is 2.05 bits per heavy atom. The van der Waals surface area contributed by atoms with Crippen molar-refractivity contribution in [3.63, 3.8) is 0 Å². The van der Waals surface area contributed by atoms with E-state index in [-0.39, 0.29) is 5.97 Å². The zero-order valence-electron chi connectivity index (χ0n) is 11.4. The van der Waals surface area contributed by atoms with E-state index in [4.69, 9.17) is 4.74 Å². The summed E-state index contributed by atoms with van der Waals surface area (Å²) in [6.07, 6.45) is 2.40. The molecule has 19 heavy (non-hydrogen) atoms. The Morgan fingerprint density at radius 1 is 1.26 bits per heavy atom. The van der Waals surface area contributed by atoms with Gasteiger partial charge in [-0.15, -0.1) is 0 Å². The van der Waals surface area contributed by atoms with Crippen molar-refractivity contribution < 1.29 is 9.53 Å². The summed E-state index contributed by atoms with van der Waals surface area (Å²) >= 11 is 0. The number of benzene rings is 2. The Labute approximate surface area is 113 Å². The van der Waals surface area contributed by atoms with E-state index < -0.39 is 0 Å². The smallest absolute Gasteiger partial charge is 0.311 e. The van der Waals surface area contributed by atoms with E-state index in [1.807, 2.05) is 18.2 Å². The van der Waals surface area contributed by atoms with Crippen LogP contribution in [0.2, 0.25) is 0 Å². The third kappa shape index (κ3) is 2.01. The highest BCUT2D eigenvalue weighted by molar-refractivity contribution is 5.94. The van der Waals surface area contributed by atoms with Gasteiger partial charge in [-0.05, 0) is 35.3 Å². The number of hydrogen-bond donors (Lipinski definition) is 0. The molecule has 0 aromatic heterocycles. The standard InChI is InChI=1S/C17H18O2/c1-3-11(2)15-10-12-6-4-5-7-13(12)17-14(15)8-9-16(18)19-17/h4-7,10-11H,3,8-9H2,1-2H3. The van der Waals surface area contributed by atoms with Crippen LogP contribution in [-0.2, 0) is 11.2 Å². The second-order valence-electron chi connectivity index (χ2n) is 5.28. The van der Waals surface area contributed by atoms with Gasteiger partial charge in [-0.1, -0.05) is 44.2 Å². The van der Waals surface area contributed by atoms with Crippen LogP contribution in [0.1, 0.15) is 43.7 Å².